The summed E-state index contributed by atoms with van der Waals surface area (Å²) in [5, 5.41) is 0.597. The highest BCUT2D eigenvalue weighted by Crippen LogP contribution is 2.26. The lowest BCUT2D eigenvalue weighted by molar-refractivity contribution is -0.143. The molecule has 0 saturated heterocycles. The quantitative estimate of drug-likeness (QED) is 0.854. The molecule has 0 unspecified atom stereocenters. The van der Waals surface area contributed by atoms with E-state index in [1.165, 1.54) is 4.57 Å². The van der Waals surface area contributed by atoms with E-state index in [4.69, 9.17) is 16.3 Å². The summed E-state index contributed by atoms with van der Waals surface area (Å²) in [4.78, 5) is 26.1. The Bertz CT molecular complexity index is 676. The first kappa shape index (κ1) is 14.9. The van der Waals surface area contributed by atoms with Crippen LogP contribution < -0.4 is 5.69 Å². The minimum atomic E-state index is -0.462. The molecule has 1 N–H and O–H groups in total. The Balaban J connectivity index is 2.45. The van der Waals surface area contributed by atoms with Crippen molar-refractivity contribution in [3.05, 3.63) is 44.4 Å². The number of hydrogen-bond donors (Lipinski definition) is 1. The molecular formula is C13H12BrClN2O3. The van der Waals surface area contributed by atoms with E-state index >= 15 is 0 Å². The molecule has 20 heavy (non-hydrogen) atoms. The lowest BCUT2D eigenvalue weighted by Gasteiger charge is -2.08. The van der Waals surface area contributed by atoms with Gasteiger partial charge in [0.05, 0.1) is 12.3 Å². The molecule has 2 rings (SSSR count). The van der Waals surface area contributed by atoms with Crippen LogP contribution in [0.4, 0.5) is 0 Å². The van der Waals surface area contributed by atoms with Crippen LogP contribution in [0, 0.1) is 0 Å². The fourth-order valence-corrected chi connectivity index (χ4v) is 2.56. The SMILES string of the molecule is CCOC(=O)Cn1c(-c2ccc(Cl)cc2)c(Br)[nH]c1=O. The highest BCUT2D eigenvalue weighted by molar-refractivity contribution is 9.10. The topological polar surface area (TPSA) is 64.1 Å². The van der Waals surface area contributed by atoms with Crippen molar-refractivity contribution < 1.29 is 9.53 Å². The highest BCUT2D eigenvalue weighted by atomic mass is 79.9. The van der Waals surface area contributed by atoms with Gasteiger partial charge in [0.1, 0.15) is 11.1 Å². The number of aromatic nitrogens is 2. The maximum absolute atomic E-state index is 11.9. The second kappa shape index (κ2) is 6.28. The number of benzene rings is 1. The van der Waals surface area contributed by atoms with Crippen molar-refractivity contribution in [3.63, 3.8) is 0 Å². The van der Waals surface area contributed by atoms with Crippen LogP contribution in [0.1, 0.15) is 6.92 Å². The predicted octanol–water partition coefficient (Wildman–Crippen LogP) is 2.82. The Morgan fingerprint density at radius 1 is 1.40 bits per heavy atom. The van der Waals surface area contributed by atoms with Crippen molar-refractivity contribution in [2.75, 3.05) is 6.61 Å². The summed E-state index contributed by atoms with van der Waals surface area (Å²) in [5.41, 5.74) is 0.971. The van der Waals surface area contributed by atoms with Crippen LogP contribution >= 0.6 is 27.5 Å². The molecule has 0 aliphatic rings. The third-order valence-electron chi connectivity index (χ3n) is 2.65. The fraction of sp³-hybridized carbons (Fsp3) is 0.231. The Morgan fingerprint density at radius 3 is 2.65 bits per heavy atom. The van der Waals surface area contributed by atoms with Crippen LogP contribution in [0.2, 0.25) is 5.02 Å². The lowest BCUT2D eigenvalue weighted by Crippen LogP contribution is -2.23. The van der Waals surface area contributed by atoms with E-state index in [1.807, 2.05) is 0 Å². The van der Waals surface area contributed by atoms with Crippen molar-refractivity contribution in [2.24, 2.45) is 0 Å². The molecular weight excluding hydrogens is 348 g/mol. The van der Waals surface area contributed by atoms with E-state index in [9.17, 15) is 9.59 Å². The largest absolute Gasteiger partial charge is 0.465 e. The number of H-pyrrole nitrogens is 1. The van der Waals surface area contributed by atoms with Crippen LogP contribution in [-0.4, -0.2) is 22.1 Å². The van der Waals surface area contributed by atoms with Gasteiger partial charge in [0.15, 0.2) is 0 Å². The van der Waals surface area contributed by atoms with Crippen molar-refractivity contribution in [2.45, 2.75) is 13.5 Å². The zero-order valence-corrected chi connectivity index (χ0v) is 13.0. The Kier molecular flexibility index (Phi) is 4.67. The van der Waals surface area contributed by atoms with Crippen molar-refractivity contribution in [1.82, 2.24) is 9.55 Å². The second-order valence-electron chi connectivity index (χ2n) is 3.99. The van der Waals surface area contributed by atoms with Gasteiger partial charge < -0.3 is 4.74 Å². The second-order valence-corrected chi connectivity index (χ2v) is 5.22. The summed E-state index contributed by atoms with van der Waals surface area (Å²) >= 11 is 9.14. The van der Waals surface area contributed by atoms with Gasteiger partial charge in [-0.25, -0.2) is 4.79 Å². The average Bonchev–Trinajstić information content (AvgIpc) is 2.66. The summed E-state index contributed by atoms with van der Waals surface area (Å²) in [6, 6.07) is 6.99. The first-order valence-corrected chi connectivity index (χ1v) is 7.10. The molecule has 0 saturated carbocycles. The molecule has 5 nitrogen and oxygen atoms in total. The zero-order chi connectivity index (χ0) is 14.7. The number of hydrogen-bond acceptors (Lipinski definition) is 3. The Morgan fingerprint density at radius 2 is 2.05 bits per heavy atom. The molecule has 0 atom stereocenters. The molecule has 2 aromatic rings. The zero-order valence-electron chi connectivity index (χ0n) is 10.7. The van der Waals surface area contributed by atoms with Gasteiger partial charge in [0.2, 0.25) is 0 Å². The number of esters is 1. The summed E-state index contributed by atoms with van der Waals surface area (Å²) < 4.78 is 6.70. The van der Waals surface area contributed by atoms with Crippen molar-refractivity contribution >= 4 is 33.5 Å². The number of halogens is 2. The van der Waals surface area contributed by atoms with Gasteiger partial charge in [-0.05, 0) is 35.0 Å². The number of nitrogens with zero attached hydrogens (tertiary/aromatic N) is 1. The minimum Gasteiger partial charge on any atom is -0.465 e. The molecule has 0 fully saturated rings. The third-order valence-corrected chi connectivity index (χ3v) is 3.48. The summed E-state index contributed by atoms with van der Waals surface area (Å²) in [6.45, 7) is 1.84. The Hall–Kier alpha value is -1.53. The molecule has 0 aliphatic carbocycles. The van der Waals surface area contributed by atoms with Crippen LogP contribution in [0.5, 0.6) is 0 Å². The lowest BCUT2D eigenvalue weighted by atomic mass is 10.2. The van der Waals surface area contributed by atoms with Gasteiger partial charge in [-0.2, -0.15) is 0 Å². The Labute approximate surface area is 128 Å². The molecule has 0 bridgehead atoms. The molecule has 1 aromatic heterocycles. The smallest absolute Gasteiger partial charge is 0.327 e. The molecule has 0 amide bonds. The van der Waals surface area contributed by atoms with Gasteiger partial charge in [0.25, 0.3) is 0 Å². The summed E-state index contributed by atoms with van der Waals surface area (Å²) in [6.07, 6.45) is 0. The normalized spacial score (nSPS) is 10.6. The summed E-state index contributed by atoms with van der Waals surface area (Å²) in [7, 11) is 0. The van der Waals surface area contributed by atoms with Crippen molar-refractivity contribution in [3.8, 4) is 11.3 Å². The molecule has 1 aromatic carbocycles. The number of ether oxygens (including phenoxy) is 1. The van der Waals surface area contributed by atoms with Gasteiger partial charge in [-0.3, -0.25) is 14.3 Å². The number of nitrogens with one attached hydrogen (secondary N) is 1. The van der Waals surface area contributed by atoms with E-state index in [1.54, 1.807) is 31.2 Å². The standard InChI is InChI=1S/C13H12BrClN2O3/c1-2-20-10(18)7-17-11(12(14)16-13(17)19)8-3-5-9(15)6-4-8/h3-6H,2,7H2,1H3,(H,16,19). The van der Waals surface area contributed by atoms with Gasteiger partial charge in [-0.15, -0.1) is 0 Å². The highest BCUT2D eigenvalue weighted by Gasteiger charge is 2.17. The first-order valence-electron chi connectivity index (χ1n) is 5.92. The van der Waals surface area contributed by atoms with Crippen molar-refractivity contribution in [1.29, 1.82) is 0 Å². The number of imidazole rings is 1. The van der Waals surface area contributed by atoms with E-state index in [2.05, 4.69) is 20.9 Å². The van der Waals surface area contributed by atoms with E-state index in [0.29, 0.717) is 15.3 Å². The third kappa shape index (κ3) is 3.13. The molecule has 1 heterocycles. The molecule has 0 aliphatic heterocycles. The van der Waals surface area contributed by atoms with E-state index in [-0.39, 0.29) is 18.8 Å². The number of aromatic amines is 1. The number of carbonyl (C=O) groups is 1. The first-order chi connectivity index (χ1) is 9.52. The monoisotopic (exact) mass is 358 g/mol. The van der Waals surface area contributed by atoms with Crippen LogP contribution in [-0.2, 0) is 16.1 Å². The average molecular weight is 360 g/mol. The van der Waals surface area contributed by atoms with Crippen LogP contribution in [0.15, 0.2) is 33.7 Å². The van der Waals surface area contributed by atoms with Gasteiger partial charge in [0, 0.05) is 10.6 Å². The maximum atomic E-state index is 11.9. The molecule has 0 spiro atoms. The van der Waals surface area contributed by atoms with E-state index < -0.39 is 5.97 Å². The number of rotatable bonds is 4. The summed E-state index contributed by atoms with van der Waals surface area (Å²) in [5.74, 6) is -0.462. The molecule has 106 valence electrons. The maximum Gasteiger partial charge on any atom is 0.327 e. The fourth-order valence-electron chi connectivity index (χ4n) is 1.82. The minimum absolute atomic E-state index is 0.146. The van der Waals surface area contributed by atoms with Crippen LogP contribution in [0.25, 0.3) is 11.3 Å². The molecule has 7 heteroatoms. The molecule has 0 radical (unpaired) electrons. The predicted molar refractivity (Wildman–Crippen MR) is 79.8 cm³/mol. The van der Waals surface area contributed by atoms with Gasteiger partial charge >= 0.3 is 11.7 Å². The van der Waals surface area contributed by atoms with Crippen LogP contribution in [0.3, 0.4) is 0 Å². The van der Waals surface area contributed by atoms with E-state index in [0.717, 1.165) is 5.56 Å². The number of carbonyl (C=O) groups excluding carboxylic acids is 1. The van der Waals surface area contributed by atoms with Gasteiger partial charge in [-0.1, -0.05) is 23.7 Å².